The summed E-state index contributed by atoms with van der Waals surface area (Å²) < 4.78 is 5.77. The molecule has 2 rings (SSSR count). The second-order valence-corrected chi connectivity index (χ2v) is 6.10. The van der Waals surface area contributed by atoms with Crippen molar-refractivity contribution in [2.75, 3.05) is 6.54 Å². The maximum absolute atomic E-state index is 5.77. The standard InChI is InChI=1S/C17H23NOS/c1-3-10-18-14(2)12-15-6-8-16(9-7-15)19-13-17-5-4-11-20-17/h4-9,11,14,18H,3,10,12-13H2,1-2H3. The van der Waals surface area contributed by atoms with Gasteiger partial charge in [-0.25, -0.2) is 0 Å². The SMILES string of the molecule is CCCNC(C)Cc1ccc(OCc2cccs2)cc1. The van der Waals surface area contributed by atoms with Gasteiger partial charge in [0.05, 0.1) is 0 Å². The fraction of sp³-hybridized carbons (Fsp3) is 0.412. The lowest BCUT2D eigenvalue weighted by atomic mass is 10.1. The van der Waals surface area contributed by atoms with E-state index < -0.39 is 0 Å². The Morgan fingerprint density at radius 2 is 2.00 bits per heavy atom. The van der Waals surface area contributed by atoms with Crippen LogP contribution in [0.25, 0.3) is 0 Å². The van der Waals surface area contributed by atoms with Crippen molar-refractivity contribution in [3.63, 3.8) is 0 Å². The summed E-state index contributed by atoms with van der Waals surface area (Å²) in [6.07, 6.45) is 2.24. The first kappa shape index (κ1) is 15.1. The molecule has 108 valence electrons. The largest absolute Gasteiger partial charge is 0.488 e. The van der Waals surface area contributed by atoms with Gasteiger partial charge < -0.3 is 10.1 Å². The van der Waals surface area contributed by atoms with Crippen LogP contribution in [0.4, 0.5) is 0 Å². The summed E-state index contributed by atoms with van der Waals surface area (Å²) in [5.41, 5.74) is 1.35. The van der Waals surface area contributed by atoms with Gasteiger partial charge >= 0.3 is 0 Å². The van der Waals surface area contributed by atoms with Gasteiger partial charge in [0.1, 0.15) is 12.4 Å². The summed E-state index contributed by atoms with van der Waals surface area (Å²) in [6.45, 7) is 6.17. The van der Waals surface area contributed by atoms with Gasteiger partial charge in [-0.1, -0.05) is 25.1 Å². The van der Waals surface area contributed by atoms with Crippen LogP contribution in [0.2, 0.25) is 0 Å². The van der Waals surface area contributed by atoms with Crippen LogP contribution in [-0.4, -0.2) is 12.6 Å². The van der Waals surface area contributed by atoms with Crippen LogP contribution in [0.1, 0.15) is 30.7 Å². The Kier molecular flexibility index (Phi) is 6.09. The fourth-order valence-corrected chi connectivity index (χ4v) is 2.70. The molecular formula is C17H23NOS. The van der Waals surface area contributed by atoms with Crippen molar-refractivity contribution in [3.8, 4) is 5.75 Å². The molecule has 0 saturated carbocycles. The molecule has 2 nitrogen and oxygen atoms in total. The first-order chi connectivity index (χ1) is 9.78. The molecule has 0 bridgehead atoms. The van der Waals surface area contributed by atoms with Gasteiger partial charge in [0.2, 0.25) is 0 Å². The maximum Gasteiger partial charge on any atom is 0.122 e. The van der Waals surface area contributed by atoms with Crippen LogP contribution in [0.15, 0.2) is 41.8 Å². The molecule has 0 aliphatic heterocycles. The van der Waals surface area contributed by atoms with E-state index in [0.717, 1.165) is 18.7 Å². The first-order valence-electron chi connectivity index (χ1n) is 7.25. The van der Waals surface area contributed by atoms with Crippen molar-refractivity contribution in [2.45, 2.75) is 39.3 Å². The van der Waals surface area contributed by atoms with Crippen molar-refractivity contribution in [3.05, 3.63) is 52.2 Å². The van der Waals surface area contributed by atoms with Crippen molar-refractivity contribution < 1.29 is 4.74 Å². The molecule has 0 aliphatic carbocycles. The number of ether oxygens (including phenoxy) is 1. The number of benzene rings is 1. The minimum atomic E-state index is 0.521. The summed E-state index contributed by atoms with van der Waals surface area (Å²) in [4.78, 5) is 1.26. The lowest BCUT2D eigenvalue weighted by Gasteiger charge is -2.13. The molecule has 1 heterocycles. The third-order valence-electron chi connectivity index (χ3n) is 3.17. The van der Waals surface area contributed by atoms with Crippen LogP contribution in [0.3, 0.4) is 0 Å². The van der Waals surface area contributed by atoms with Gasteiger partial charge in [0, 0.05) is 10.9 Å². The van der Waals surface area contributed by atoms with E-state index in [2.05, 4.69) is 60.9 Å². The summed E-state index contributed by atoms with van der Waals surface area (Å²) in [7, 11) is 0. The van der Waals surface area contributed by atoms with Gasteiger partial charge in [-0.05, 0) is 55.5 Å². The third-order valence-corrected chi connectivity index (χ3v) is 4.02. The molecule has 1 unspecified atom stereocenters. The zero-order chi connectivity index (χ0) is 14.2. The highest BCUT2D eigenvalue weighted by Gasteiger charge is 2.03. The van der Waals surface area contributed by atoms with E-state index in [9.17, 15) is 0 Å². The highest BCUT2D eigenvalue weighted by molar-refractivity contribution is 7.09. The molecule has 0 amide bonds. The molecule has 20 heavy (non-hydrogen) atoms. The monoisotopic (exact) mass is 289 g/mol. The molecule has 1 atom stereocenters. The molecule has 0 saturated heterocycles. The predicted octanol–water partition coefficient (Wildman–Crippen LogP) is 4.26. The van der Waals surface area contributed by atoms with Gasteiger partial charge in [0.25, 0.3) is 0 Å². The minimum absolute atomic E-state index is 0.521. The zero-order valence-electron chi connectivity index (χ0n) is 12.3. The van der Waals surface area contributed by atoms with Crippen molar-refractivity contribution in [1.82, 2.24) is 5.32 Å². The fourth-order valence-electron chi connectivity index (χ4n) is 2.09. The smallest absolute Gasteiger partial charge is 0.122 e. The van der Waals surface area contributed by atoms with Gasteiger partial charge in [-0.2, -0.15) is 0 Å². The van der Waals surface area contributed by atoms with Crippen LogP contribution in [0, 0.1) is 0 Å². The van der Waals surface area contributed by atoms with Gasteiger partial charge in [0.15, 0.2) is 0 Å². The summed E-state index contributed by atoms with van der Waals surface area (Å²) >= 11 is 1.73. The highest BCUT2D eigenvalue weighted by Crippen LogP contribution is 2.17. The molecule has 0 fully saturated rings. The van der Waals surface area contributed by atoms with E-state index in [1.807, 2.05) is 0 Å². The Bertz CT molecular complexity index is 478. The second-order valence-electron chi connectivity index (χ2n) is 5.07. The number of hydrogen-bond donors (Lipinski definition) is 1. The van der Waals surface area contributed by atoms with Crippen LogP contribution < -0.4 is 10.1 Å². The van der Waals surface area contributed by atoms with E-state index in [4.69, 9.17) is 4.74 Å². The summed E-state index contributed by atoms with van der Waals surface area (Å²) in [6, 6.07) is 13.1. The second kappa shape index (κ2) is 8.08. The molecule has 2 aromatic rings. The van der Waals surface area contributed by atoms with Crippen molar-refractivity contribution in [1.29, 1.82) is 0 Å². The lowest BCUT2D eigenvalue weighted by Crippen LogP contribution is -2.28. The number of hydrogen-bond acceptors (Lipinski definition) is 3. The summed E-state index contributed by atoms with van der Waals surface area (Å²) in [5, 5.41) is 5.59. The van der Waals surface area contributed by atoms with E-state index in [0.29, 0.717) is 12.6 Å². The number of thiophene rings is 1. The summed E-state index contributed by atoms with van der Waals surface area (Å²) in [5.74, 6) is 0.941. The molecule has 0 spiro atoms. The van der Waals surface area contributed by atoms with Crippen LogP contribution in [-0.2, 0) is 13.0 Å². The molecule has 1 aromatic carbocycles. The maximum atomic E-state index is 5.77. The van der Waals surface area contributed by atoms with E-state index in [-0.39, 0.29) is 0 Å². The molecule has 0 aliphatic rings. The van der Waals surface area contributed by atoms with Crippen LogP contribution >= 0.6 is 11.3 Å². The van der Waals surface area contributed by atoms with Gasteiger partial charge in [-0.15, -0.1) is 11.3 Å². The number of rotatable bonds is 8. The third kappa shape index (κ3) is 4.99. The molecular weight excluding hydrogens is 266 g/mol. The quantitative estimate of drug-likeness (QED) is 0.784. The average molecular weight is 289 g/mol. The Balaban J connectivity index is 1.80. The van der Waals surface area contributed by atoms with E-state index in [1.54, 1.807) is 11.3 Å². The lowest BCUT2D eigenvalue weighted by molar-refractivity contribution is 0.309. The molecule has 0 radical (unpaired) electrons. The molecule has 3 heteroatoms. The minimum Gasteiger partial charge on any atom is -0.488 e. The molecule has 1 aromatic heterocycles. The van der Waals surface area contributed by atoms with E-state index in [1.165, 1.54) is 16.9 Å². The van der Waals surface area contributed by atoms with E-state index >= 15 is 0 Å². The highest BCUT2D eigenvalue weighted by atomic mass is 32.1. The predicted molar refractivity (Wildman–Crippen MR) is 86.6 cm³/mol. The first-order valence-corrected chi connectivity index (χ1v) is 8.13. The normalized spacial score (nSPS) is 12.3. The zero-order valence-corrected chi connectivity index (χ0v) is 13.1. The Hall–Kier alpha value is -1.32. The molecule has 1 N–H and O–H groups in total. The topological polar surface area (TPSA) is 21.3 Å². The number of nitrogens with one attached hydrogen (secondary N) is 1. The Morgan fingerprint density at radius 1 is 1.20 bits per heavy atom. The van der Waals surface area contributed by atoms with Gasteiger partial charge in [-0.3, -0.25) is 0 Å². The van der Waals surface area contributed by atoms with Crippen molar-refractivity contribution in [2.24, 2.45) is 0 Å². The van der Waals surface area contributed by atoms with Crippen LogP contribution in [0.5, 0.6) is 5.75 Å². The van der Waals surface area contributed by atoms with Crippen molar-refractivity contribution >= 4 is 11.3 Å². The Morgan fingerprint density at radius 3 is 2.65 bits per heavy atom. The Labute approximate surface area is 125 Å². The average Bonchev–Trinajstić information content (AvgIpc) is 2.98.